The van der Waals surface area contributed by atoms with Crippen LogP contribution in [0.4, 0.5) is 0 Å². The second kappa shape index (κ2) is 5.34. The molecule has 1 heterocycles. The maximum Gasteiger partial charge on any atom is 0.248 e. The molecule has 1 aliphatic heterocycles. The Labute approximate surface area is 100 Å². The molecular weight excluding hydrogens is 216 g/mol. The minimum absolute atomic E-state index is 0.403. The van der Waals surface area contributed by atoms with Crippen LogP contribution in [0.3, 0.4) is 0 Å². The third kappa shape index (κ3) is 3.21. The smallest absolute Gasteiger partial charge is 0.248 e. The van der Waals surface area contributed by atoms with Crippen molar-refractivity contribution >= 4 is 11.9 Å². The van der Waals surface area contributed by atoms with Crippen LogP contribution < -0.4 is 16.4 Å². The minimum Gasteiger partial charge on any atom is -0.366 e. The summed E-state index contributed by atoms with van der Waals surface area (Å²) in [5, 5.41) is 6.36. The number of aliphatic imine (C=N–C) groups is 1. The minimum atomic E-state index is -0.403. The first-order valence-corrected chi connectivity index (χ1v) is 5.66. The summed E-state index contributed by atoms with van der Waals surface area (Å²) in [6, 6.07) is 7.27. The average molecular weight is 232 g/mol. The van der Waals surface area contributed by atoms with E-state index < -0.39 is 5.91 Å². The fourth-order valence-corrected chi connectivity index (χ4v) is 1.67. The van der Waals surface area contributed by atoms with E-state index in [1.165, 1.54) is 0 Å². The Hall–Kier alpha value is -2.04. The van der Waals surface area contributed by atoms with Gasteiger partial charge in [-0.15, -0.1) is 0 Å². The highest BCUT2D eigenvalue weighted by Crippen LogP contribution is 2.04. The number of guanidine groups is 1. The molecule has 0 saturated heterocycles. The third-order valence-electron chi connectivity index (χ3n) is 2.57. The van der Waals surface area contributed by atoms with Gasteiger partial charge < -0.3 is 16.4 Å². The Bertz CT molecular complexity index is 442. The number of nitrogens with two attached hydrogens (primary N) is 1. The number of benzene rings is 1. The summed E-state index contributed by atoms with van der Waals surface area (Å²) in [6.45, 7) is 2.44. The van der Waals surface area contributed by atoms with E-state index in [0.717, 1.165) is 31.0 Å². The lowest BCUT2D eigenvalue weighted by Gasteiger charge is -2.16. The van der Waals surface area contributed by atoms with Crippen molar-refractivity contribution in [1.82, 2.24) is 10.6 Å². The van der Waals surface area contributed by atoms with Gasteiger partial charge in [0.05, 0.1) is 0 Å². The number of hydrogen-bond acceptors (Lipinski definition) is 4. The Kier molecular flexibility index (Phi) is 3.59. The molecular formula is C12H16N4O. The zero-order valence-electron chi connectivity index (χ0n) is 9.57. The highest BCUT2D eigenvalue weighted by atomic mass is 16.1. The lowest BCUT2D eigenvalue weighted by atomic mass is 10.1. The zero-order valence-corrected chi connectivity index (χ0v) is 9.57. The number of carbonyl (C=O) groups excluding carboxylic acids is 1. The maximum absolute atomic E-state index is 11.0. The third-order valence-corrected chi connectivity index (χ3v) is 2.57. The Balaban J connectivity index is 1.96. The highest BCUT2D eigenvalue weighted by Gasteiger charge is 2.04. The molecule has 0 spiro atoms. The molecule has 0 bridgehead atoms. The molecule has 0 radical (unpaired) electrons. The predicted octanol–water partition coefficient (Wildman–Crippen LogP) is 0.224. The molecule has 1 amide bonds. The Morgan fingerprint density at radius 1 is 1.53 bits per heavy atom. The predicted molar refractivity (Wildman–Crippen MR) is 66.7 cm³/mol. The first kappa shape index (κ1) is 11.4. The quantitative estimate of drug-likeness (QED) is 0.697. The molecule has 0 unspecified atom stereocenters. The summed E-state index contributed by atoms with van der Waals surface area (Å²) in [6.07, 6.45) is 1.07. The molecule has 17 heavy (non-hydrogen) atoms. The molecule has 4 N–H and O–H groups in total. The molecule has 1 aromatic carbocycles. The van der Waals surface area contributed by atoms with Crippen LogP contribution in [-0.2, 0) is 6.54 Å². The summed E-state index contributed by atoms with van der Waals surface area (Å²) >= 11 is 0. The van der Waals surface area contributed by atoms with Gasteiger partial charge in [0.1, 0.15) is 0 Å². The molecule has 0 atom stereocenters. The van der Waals surface area contributed by atoms with Crippen LogP contribution in [0.25, 0.3) is 0 Å². The van der Waals surface area contributed by atoms with Gasteiger partial charge in [-0.25, -0.2) is 0 Å². The summed E-state index contributed by atoms with van der Waals surface area (Å²) in [5.74, 6) is 0.417. The summed E-state index contributed by atoms with van der Waals surface area (Å²) in [4.78, 5) is 15.3. The fraction of sp³-hybridized carbons (Fsp3) is 0.333. The van der Waals surface area contributed by atoms with Crippen molar-refractivity contribution in [2.45, 2.75) is 13.0 Å². The first-order valence-electron chi connectivity index (χ1n) is 5.66. The van der Waals surface area contributed by atoms with Crippen molar-refractivity contribution in [1.29, 1.82) is 0 Å². The number of nitrogens with one attached hydrogen (secondary N) is 2. The molecule has 1 aromatic rings. The molecule has 1 aliphatic rings. The van der Waals surface area contributed by atoms with Crippen molar-refractivity contribution in [3.8, 4) is 0 Å². The topological polar surface area (TPSA) is 79.5 Å². The molecule has 5 heteroatoms. The van der Waals surface area contributed by atoms with E-state index in [9.17, 15) is 4.79 Å². The number of hydrogen-bond donors (Lipinski definition) is 3. The normalized spacial score (nSPS) is 14.7. The van der Waals surface area contributed by atoms with Crippen LogP contribution in [0.1, 0.15) is 22.3 Å². The fourth-order valence-electron chi connectivity index (χ4n) is 1.67. The van der Waals surface area contributed by atoms with E-state index in [1.807, 2.05) is 12.1 Å². The lowest BCUT2D eigenvalue weighted by molar-refractivity contribution is 0.1000. The largest absolute Gasteiger partial charge is 0.366 e. The number of rotatable bonds is 3. The van der Waals surface area contributed by atoms with E-state index in [-0.39, 0.29) is 0 Å². The van der Waals surface area contributed by atoms with Gasteiger partial charge in [-0.1, -0.05) is 12.1 Å². The van der Waals surface area contributed by atoms with Crippen molar-refractivity contribution in [2.75, 3.05) is 13.1 Å². The monoisotopic (exact) mass is 232 g/mol. The molecule has 0 fully saturated rings. The van der Waals surface area contributed by atoms with E-state index in [4.69, 9.17) is 5.73 Å². The summed E-state index contributed by atoms with van der Waals surface area (Å²) in [7, 11) is 0. The zero-order chi connectivity index (χ0) is 12.1. The summed E-state index contributed by atoms with van der Waals surface area (Å²) in [5.41, 5.74) is 6.77. The van der Waals surface area contributed by atoms with Gasteiger partial charge in [0, 0.05) is 25.2 Å². The van der Waals surface area contributed by atoms with Crippen LogP contribution in [-0.4, -0.2) is 25.0 Å². The summed E-state index contributed by atoms with van der Waals surface area (Å²) < 4.78 is 0. The number of carbonyl (C=O) groups is 1. The average Bonchev–Trinajstić information content (AvgIpc) is 2.38. The van der Waals surface area contributed by atoms with Gasteiger partial charge in [0.25, 0.3) is 0 Å². The Morgan fingerprint density at radius 2 is 2.41 bits per heavy atom. The number of nitrogens with zero attached hydrogens (tertiary/aromatic N) is 1. The maximum atomic E-state index is 11.0. The van der Waals surface area contributed by atoms with Crippen LogP contribution >= 0.6 is 0 Å². The second-order valence-electron chi connectivity index (χ2n) is 3.93. The van der Waals surface area contributed by atoms with Crippen molar-refractivity contribution in [3.63, 3.8) is 0 Å². The second-order valence-corrected chi connectivity index (χ2v) is 3.93. The van der Waals surface area contributed by atoms with Crippen LogP contribution in [0.2, 0.25) is 0 Å². The first-order chi connectivity index (χ1) is 8.25. The lowest BCUT2D eigenvalue weighted by Crippen LogP contribution is -2.40. The van der Waals surface area contributed by atoms with Crippen LogP contribution in [0, 0.1) is 0 Å². The highest BCUT2D eigenvalue weighted by molar-refractivity contribution is 5.92. The molecule has 90 valence electrons. The van der Waals surface area contributed by atoms with Gasteiger partial charge in [0.15, 0.2) is 5.96 Å². The molecule has 0 aromatic heterocycles. The van der Waals surface area contributed by atoms with E-state index in [0.29, 0.717) is 12.1 Å². The van der Waals surface area contributed by atoms with Crippen LogP contribution in [0.15, 0.2) is 29.3 Å². The molecule has 0 aliphatic carbocycles. The number of primary amides is 1. The van der Waals surface area contributed by atoms with Gasteiger partial charge in [0.2, 0.25) is 5.91 Å². The van der Waals surface area contributed by atoms with Gasteiger partial charge in [-0.2, -0.15) is 0 Å². The van der Waals surface area contributed by atoms with Crippen molar-refractivity contribution in [3.05, 3.63) is 35.4 Å². The molecule has 5 nitrogen and oxygen atoms in total. The molecule has 0 saturated carbocycles. The van der Waals surface area contributed by atoms with E-state index in [2.05, 4.69) is 15.6 Å². The van der Waals surface area contributed by atoms with E-state index >= 15 is 0 Å². The SMILES string of the molecule is NC(=O)c1cccc(CNC2=NCCCN2)c1. The van der Waals surface area contributed by atoms with Crippen LogP contribution in [0.5, 0.6) is 0 Å². The van der Waals surface area contributed by atoms with Crippen molar-refractivity contribution < 1.29 is 4.79 Å². The standard InChI is InChI=1S/C12H16N4O/c13-11(17)10-4-1-3-9(7-10)8-16-12-14-5-2-6-15-12/h1,3-4,7H,2,5-6,8H2,(H2,13,17)(H2,14,15,16). The van der Waals surface area contributed by atoms with Gasteiger partial charge in [-0.05, 0) is 24.1 Å². The van der Waals surface area contributed by atoms with Gasteiger partial charge >= 0.3 is 0 Å². The molecule has 2 rings (SSSR count). The Morgan fingerprint density at radius 3 is 3.12 bits per heavy atom. The number of amides is 1. The van der Waals surface area contributed by atoms with E-state index in [1.54, 1.807) is 12.1 Å². The van der Waals surface area contributed by atoms with Crippen molar-refractivity contribution in [2.24, 2.45) is 10.7 Å². The van der Waals surface area contributed by atoms with Gasteiger partial charge in [-0.3, -0.25) is 9.79 Å².